The molecule has 2 rings (SSSR count). The zero-order chi connectivity index (χ0) is 8.77. The molecule has 0 saturated carbocycles. The summed E-state index contributed by atoms with van der Waals surface area (Å²) >= 11 is 0. The zero-order valence-corrected chi connectivity index (χ0v) is 7.32. The van der Waals surface area contributed by atoms with Crippen molar-refractivity contribution in [2.24, 2.45) is 0 Å². The lowest BCUT2D eigenvalue weighted by atomic mass is 10.1. The number of ether oxygens (including phenoxy) is 3. The number of fused-ring (bicyclic) bond motifs is 1. The van der Waals surface area contributed by atoms with Gasteiger partial charge in [-0.3, -0.25) is 0 Å². The number of hydrogen-bond acceptors (Lipinski definition) is 4. The molecular formula is C8H14O4. The van der Waals surface area contributed by atoms with Gasteiger partial charge in [0.25, 0.3) is 0 Å². The molecule has 1 N–H and O–H groups in total. The average molecular weight is 174 g/mol. The molecule has 12 heavy (non-hydrogen) atoms. The van der Waals surface area contributed by atoms with Gasteiger partial charge in [-0.1, -0.05) is 0 Å². The third-order valence-electron chi connectivity index (χ3n) is 2.17. The van der Waals surface area contributed by atoms with Crippen LogP contribution in [0.3, 0.4) is 0 Å². The van der Waals surface area contributed by atoms with Crippen LogP contribution in [0.1, 0.15) is 20.3 Å². The van der Waals surface area contributed by atoms with Gasteiger partial charge in [0.15, 0.2) is 12.1 Å². The summed E-state index contributed by atoms with van der Waals surface area (Å²) in [5, 5.41) is 9.17. The SMILES string of the molecule is CC1(C)O[C@H]2C[C@@H](O)OC[C@H]2O1. The molecule has 2 aliphatic heterocycles. The van der Waals surface area contributed by atoms with E-state index in [2.05, 4.69) is 0 Å². The van der Waals surface area contributed by atoms with E-state index in [0.29, 0.717) is 13.0 Å². The first-order valence-corrected chi connectivity index (χ1v) is 4.22. The van der Waals surface area contributed by atoms with Gasteiger partial charge in [-0.05, 0) is 13.8 Å². The van der Waals surface area contributed by atoms with Gasteiger partial charge >= 0.3 is 0 Å². The Morgan fingerprint density at radius 3 is 2.67 bits per heavy atom. The molecule has 70 valence electrons. The second-order valence-electron chi connectivity index (χ2n) is 3.74. The molecule has 4 heteroatoms. The molecule has 0 aromatic heterocycles. The van der Waals surface area contributed by atoms with Crippen molar-refractivity contribution < 1.29 is 19.3 Å². The largest absolute Gasteiger partial charge is 0.368 e. The van der Waals surface area contributed by atoms with Gasteiger partial charge in [0, 0.05) is 6.42 Å². The molecule has 2 heterocycles. The summed E-state index contributed by atoms with van der Waals surface area (Å²) < 4.78 is 16.1. The first-order chi connectivity index (χ1) is 5.57. The van der Waals surface area contributed by atoms with Crippen molar-refractivity contribution in [2.45, 2.75) is 44.6 Å². The third-order valence-corrected chi connectivity index (χ3v) is 2.17. The first kappa shape index (κ1) is 8.44. The maximum absolute atomic E-state index is 9.17. The van der Waals surface area contributed by atoms with Crippen LogP contribution in [0.4, 0.5) is 0 Å². The Hall–Kier alpha value is -0.160. The van der Waals surface area contributed by atoms with Crippen LogP contribution in [-0.4, -0.2) is 36.0 Å². The van der Waals surface area contributed by atoms with E-state index in [9.17, 15) is 0 Å². The monoisotopic (exact) mass is 174 g/mol. The van der Waals surface area contributed by atoms with Crippen LogP contribution in [0.5, 0.6) is 0 Å². The summed E-state index contributed by atoms with van der Waals surface area (Å²) in [6, 6.07) is 0. The van der Waals surface area contributed by atoms with Crippen LogP contribution in [0.2, 0.25) is 0 Å². The second-order valence-corrected chi connectivity index (χ2v) is 3.74. The molecule has 2 saturated heterocycles. The van der Waals surface area contributed by atoms with E-state index < -0.39 is 12.1 Å². The average Bonchev–Trinajstić information content (AvgIpc) is 2.21. The van der Waals surface area contributed by atoms with Crippen LogP contribution in [0.25, 0.3) is 0 Å². The van der Waals surface area contributed by atoms with E-state index in [4.69, 9.17) is 19.3 Å². The van der Waals surface area contributed by atoms with E-state index >= 15 is 0 Å². The lowest BCUT2D eigenvalue weighted by molar-refractivity contribution is -0.167. The highest BCUT2D eigenvalue weighted by molar-refractivity contribution is 4.84. The summed E-state index contributed by atoms with van der Waals surface area (Å²) in [7, 11) is 0. The van der Waals surface area contributed by atoms with Crippen LogP contribution in [0.15, 0.2) is 0 Å². The van der Waals surface area contributed by atoms with Gasteiger partial charge in [0.05, 0.1) is 12.7 Å². The Bertz CT molecular complexity index is 180. The van der Waals surface area contributed by atoms with Gasteiger partial charge in [-0.2, -0.15) is 0 Å². The third kappa shape index (κ3) is 1.47. The molecular weight excluding hydrogens is 160 g/mol. The Morgan fingerprint density at radius 1 is 1.25 bits per heavy atom. The Balaban J connectivity index is 2.02. The van der Waals surface area contributed by atoms with E-state index in [1.54, 1.807) is 0 Å². The molecule has 4 nitrogen and oxygen atoms in total. The predicted molar refractivity (Wildman–Crippen MR) is 40.4 cm³/mol. The fraction of sp³-hybridized carbons (Fsp3) is 1.00. The zero-order valence-electron chi connectivity index (χ0n) is 7.32. The highest BCUT2D eigenvalue weighted by Gasteiger charge is 2.44. The van der Waals surface area contributed by atoms with Gasteiger partial charge in [-0.15, -0.1) is 0 Å². The van der Waals surface area contributed by atoms with Gasteiger partial charge in [0.1, 0.15) is 6.10 Å². The van der Waals surface area contributed by atoms with Crippen molar-refractivity contribution in [3.63, 3.8) is 0 Å². The molecule has 3 atom stereocenters. The smallest absolute Gasteiger partial charge is 0.163 e. The maximum atomic E-state index is 9.17. The van der Waals surface area contributed by atoms with Crippen LogP contribution >= 0.6 is 0 Å². The van der Waals surface area contributed by atoms with Crippen molar-refractivity contribution >= 4 is 0 Å². The topological polar surface area (TPSA) is 47.9 Å². The molecule has 0 radical (unpaired) electrons. The summed E-state index contributed by atoms with van der Waals surface area (Å²) in [6.07, 6.45) is -0.204. The van der Waals surface area contributed by atoms with Crippen molar-refractivity contribution in [3.05, 3.63) is 0 Å². The summed E-state index contributed by atoms with van der Waals surface area (Å²) in [4.78, 5) is 0. The standard InChI is InChI=1S/C8H14O4/c1-8(2)11-5-3-7(9)10-4-6(5)12-8/h5-7,9H,3-4H2,1-2H3/t5-,6+,7-/m0/s1. The highest BCUT2D eigenvalue weighted by atomic mass is 16.8. The minimum absolute atomic E-state index is 0.0104. The molecule has 0 aliphatic carbocycles. The highest BCUT2D eigenvalue weighted by Crippen LogP contribution is 2.33. The number of hydrogen-bond donors (Lipinski definition) is 1. The Kier molecular flexibility index (Phi) is 1.88. The first-order valence-electron chi connectivity index (χ1n) is 4.22. The molecule has 0 unspecified atom stereocenters. The molecule has 2 fully saturated rings. The van der Waals surface area contributed by atoms with Crippen molar-refractivity contribution in [1.82, 2.24) is 0 Å². The van der Waals surface area contributed by atoms with Crippen LogP contribution in [-0.2, 0) is 14.2 Å². The lowest BCUT2D eigenvalue weighted by Crippen LogP contribution is -2.39. The molecule has 2 aliphatic rings. The number of rotatable bonds is 0. The van der Waals surface area contributed by atoms with Crippen molar-refractivity contribution in [2.75, 3.05) is 6.61 Å². The fourth-order valence-corrected chi connectivity index (χ4v) is 1.72. The Morgan fingerprint density at radius 2 is 1.92 bits per heavy atom. The molecule has 0 aromatic rings. The van der Waals surface area contributed by atoms with Gasteiger partial charge < -0.3 is 19.3 Å². The number of aliphatic hydroxyl groups is 1. The van der Waals surface area contributed by atoms with E-state index in [-0.39, 0.29) is 12.2 Å². The lowest BCUT2D eigenvalue weighted by Gasteiger charge is -2.26. The van der Waals surface area contributed by atoms with E-state index in [1.807, 2.05) is 13.8 Å². The summed E-state index contributed by atoms with van der Waals surface area (Å²) in [6.45, 7) is 4.17. The maximum Gasteiger partial charge on any atom is 0.163 e. The van der Waals surface area contributed by atoms with Gasteiger partial charge in [-0.25, -0.2) is 0 Å². The van der Waals surface area contributed by atoms with Crippen LogP contribution in [0, 0.1) is 0 Å². The minimum atomic E-state index is -0.691. The fourth-order valence-electron chi connectivity index (χ4n) is 1.72. The number of aliphatic hydroxyl groups excluding tert-OH is 1. The van der Waals surface area contributed by atoms with E-state index in [0.717, 1.165) is 0 Å². The van der Waals surface area contributed by atoms with E-state index in [1.165, 1.54) is 0 Å². The summed E-state index contributed by atoms with van der Waals surface area (Å²) in [5.74, 6) is -0.525. The van der Waals surface area contributed by atoms with Crippen molar-refractivity contribution in [3.8, 4) is 0 Å². The quantitative estimate of drug-likeness (QED) is 0.571. The van der Waals surface area contributed by atoms with Gasteiger partial charge in [0.2, 0.25) is 0 Å². The molecule has 0 spiro atoms. The normalized spacial score (nSPS) is 45.8. The molecule has 0 amide bonds. The Labute approximate surface area is 71.4 Å². The van der Waals surface area contributed by atoms with Crippen LogP contribution < -0.4 is 0 Å². The van der Waals surface area contributed by atoms with Crippen molar-refractivity contribution in [1.29, 1.82) is 0 Å². The summed E-state index contributed by atoms with van der Waals surface area (Å²) in [5.41, 5.74) is 0. The predicted octanol–water partition coefficient (Wildman–Crippen LogP) is 0.245. The second kappa shape index (κ2) is 2.67. The molecule has 0 aromatic carbocycles. The molecule has 0 bridgehead atoms. The minimum Gasteiger partial charge on any atom is -0.368 e.